The summed E-state index contributed by atoms with van der Waals surface area (Å²) in [7, 11) is 0. The third-order valence-corrected chi connectivity index (χ3v) is 2.06. The zero-order chi connectivity index (χ0) is 9.84. The molecule has 1 unspecified atom stereocenters. The standard InChI is InChI=1S/C8H14N2O3/c1-2-6-7(12)10(4-3-5-11)8(13)9-6/h6,11H,2-5H2,1H3,(H,9,13). The second-order valence-corrected chi connectivity index (χ2v) is 2.98. The Balaban J connectivity index is 2.54. The second kappa shape index (κ2) is 4.23. The molecule has 0 aliphatic carbocycles. The highest BCUT2D eigenvalue weighted by atomic mass is 16.3. The minimum absolute atomic E-state index is 0.00610. The number of aliphatic hydroxyl groups excluding tert-OH is 1. The molecule has 1 saturated heterocycles. The molecule has 1 heterocycles. The van der Waals surface area contributed by atoms with E-state index in [0.29, 0.717) is 19.4 Å². The van der Waals surface area contributed by atoms with Gasteiger partial charge in [-0.25, -0.2) is 4.79 Å². The summed E-state index contributed by atoms with van der Waals surface area (Å²) in [5, 5.41) is 11.1. The number of imide groups is 1. The molecule has 0 aromatic heterocycles. The number of hydrogen-bond acceptors (Lipinski definition) is 3. The first-order valence-corrected chi connectivity index (χ1v) is 4.43. The maximum absolute atomic E-state index is 11.4. The van der Waals surface area contributed by atoms with E-state index in [1.807, 2.05) is 6.92 Å². The second-order valence-electron chi connectivity index (χ2n) is 2.98. The van der Waals surface area contributed by atoms with E-state index in [0.717, 1.165) is 4.90 Å². The van der Waals surface area contributed by atoms with Crippen LogP contribution in [0.25, 0.3) is 0 Å². The fourth-order valence-electron chi connectivity index (χ4n) is 1.29. The fourth-order valence-corrected chi connectivity index (χ4v) is 1.29. The first-order valence-electron chi connectivity index (χ1n) is 4.43. The van der Waals surface area contributed by atoms with E-state index in [1.54, 1.807) is 0 Å². The summed E-state index contributed by atoms with van der Waals surface area (Å²) in [5.41, 5.74) is 0. The molecule has 0 aromatic rings. The molecule has 1 aliphatic rings. The SMILES string of the molecule is CCC1NC(=O)N(CCCO)C1=O. The molecule has 1 fully saturated rings. The van der Waals surface area contributed by atoms with Gasteiger partial charge in [0.15, 0.2) is 0 Å². The predicted molar refractivity (Wildman–Crippen MR) is 46.0 cm³/mol. The average Bonchev–Trinajstić information content (AvgIpc) is 2.39. The van der Waals surface area contributed by atoms with Gasteiger partial charge in [-0.2, -0.15) is 0 Å². The number of nitrogens with one attached hydrogen (secondary N) is 1. The molecule has 5 nitrogen and oxygen atoms in total. The van der Waals surface area contributed by atoms with Crippen molar-refractivity contribution in [3.8, 4) is 0 Å². The van der Waals surface area contributed by atoms with E-state index >= 15 is 0 Å². The van der Waals surface area contributed by atoms with Gasteiger partial charge in [0, 0.05) is 13.2 Å². The lowest BCUT2D eigenvalue weighted by Crippen LogP contribution is -2.32. The minimum atomic E-state index is -0.369. The number of carbonyl (C=O) groups is 2. The molecular formula is C8H14N2O3. The van der Waals surface area contributed by atoms with Crippen LogP contribution in [0.4, 0.5) is 4.79 Å². The van der Waals surface area contributed by atoms with Crippen LogP contribution in [0.15, 0.2) is 0 Å². The van der Waals surface area contributed by atoms with E-state index in [9.17, 15) is 9.59 Å². The largest absolute Gasteiger partial charge is 0.396 e. The summed E-state index contributed by atoms with van der Waals surface area (Å²) in [6.07, 6.45) is 1.05. The summed E-state index contributed by atoms with van der Waals surface area (Å²) in [5.74, 6) is -0.180. The van der Waals surface area contributed by atoms with Gasteiger partial charge < -0.3 is 10.4 Å². The maximum atomic E-state index is 11.4. The third kappa shape index (κ3) is 1.98. The molecule has 2 N–H and O–H groups in total. The van der Waals surface area contributed by atoms with Gasteiger partial charge in [0.05, 0.1) is 0 Å². The Morgan fingerprint density at radius 1 is 1.54 bits per heavy atom. The Labute approximate surface area is 76.7 Å². The Kier molecular flexibility index (Phi) is 3.25. The summed E-state index contributed by atoms with van der Waals surface area (Å²) in [6.45, 7) is 2.14. The summed E-state index contributed by atoms with van der Waals surface area (Å²) < 4.78 is 0. The van der Waals surface area contributed by atoms with Gasteiger partial charge in [-0.05, 0) is 12.8 Å². The van der Waals surface area contributed by atoms with Crippen LogP contribution in [0.2, 0.25) is 0 Å². The van der Waals surface area contributed by atoms with Crippen LogP contribution in [-0.4, -0.2) is 41.1 Å². The summed E-state index contributed by atoms with van der Waals surface area (Å²) >= 11 is 0. The number of nitrogens with zero attached hydrogens (tertiary/aromatic N) is 1. The van der Waals surface area contributed by atoms with Crippen molar-refractivity contribution in [2.24, 2.45) is 0 Å². The van der Waals surface area contributed by atoms with Gasteiger partial charge in [0.25, 0.3) is 5.91 Å². The van der Waals surface area contributed by atoms with Gasteiger partial charge in [-0.15, -0.1) is 0 Å². The van der Waals surface area contributed by atoms with Crippen molar-refractivity contribution < 1.29 is 14.7 Å². The highest BCUT2D eigenvalue weighted by Gasteiger charge is 2.35. The maximum Gasteiger partial charge on any atom is 0.324 e. The van der Waals surface area contributed by atoms with Crippen molar-refractivity contribution in [1.82, 2.24) is 10.2 Å². The zero-order valence-electron chi connectivity index (χ0n) is 7.62. The quantitative estimate of drug-likeness (QED) is 0.592. The van der Waals surface area contributed by atoms with Gasteiger partial charge in [0.1, 0.15) is 6.04 Å². The van der Waals surface area contributed by atoms with Gasteiger partial charge >= 0.3 is 6.03 Å². The summed E-state index contributed by atoms with van der Waals surface area (Å²) in [4.78, 5) is 23.7. The van der Waals surface area contributed by atoms with E-state index in [2.05, 4.69) is 5.32 Å². The molecule has 1 rings (SSSR count). The predicted octanol–water partition coefficient (Wildman–Crippen LogP) is -0.301. The number of rotatable bonds is 4. The number of urea groups is 1. The van der Waals surface area contributed by atoms with Gasteiger partial charge in [-0.1, -0.05) is 6.92 Å². The van der Waals surface area contributed by atoms with Crippen molar-refractivity contribution in [1.29, 1.82) is 0 Å². The Morgan fingerprint density at radius 3 is 2.69 bits per heavy atom. The normalized spacial score (nSPS) is 22.3. The number of aliphatic hydroxyl groups is 1. The fraction of sp³-hybridized carbons (Fsp3) is 0.750. The molecule has 0 spiro atoms. The van der Waals surface area contributed by atoms with Crippen molar-refractivity contribution >= 4 is 11.9 Å². The lowest BCUT2D eigenvalue weighted by Gasteiger charge is -2.10. The van der Waals surface area contributed by atoms with Crippen molar-refractivity contribution in [2.75, 3.05) is 13.2 Å². The van der Waals surface area contributed by atoms with Crippen molar-refractivity contribution in [2.45, 2.75) is 25.8 Å². The van der Waals surface area contributed by atoms with Crippen LogP contribution < -0.4 is 5.32 Å². The Bertz CT molecular complexity index is 217. The van der Waals surface area contributed by atoms with Crippen LogP contribution in [0.3, 0.4) is 0 Å². The number of carbonyl (C=O) groups excluding carboxylic acids is 2. The molecule has 1 atom stereocenters. The van der Waals surface area contributed by atoms with Crippen molar-refractivity contribution in [3.63, 3.8) is 0 Å². The molecular weight excluding hydrogens is 172 g/mol. The third-order valence-electron chi connectivity index (χ3n) is 2.06. The Morgan fingerprint density at radius 2 is 2.23 bits per heavy atom. The first-order chi connectivity index (χ1) is 6.20. The molecule has 5 heteroatoms. The molecule has 1 aliphatic heterocycles. The smallest absolute Gasteiger partial charge is 0.324 e. The average molecular weight is 186 g/mol. The lowest BCUT2D eigenvalue weighted by atomic mass is 10.2. The highest BCUT2D eigenvalue weighted by Crippen LogP contribution is 2.08. The molecule has 0 saturated carbocycles. The highest BCUT2D eigenvalue weighted by molar-refractivity contribution is 6.04. The Hall–Kier alpha value is -1.10. The lowest BCUT2D eigenvalue weighted by molar-refractivity contribution is -0.127. The molecule has 3 amide bonds. The number of amides is 3. The van der Waals surface area contributed by atoms with Crippen LogP contribution in [-0.2, 0) is 4.79 Å². The van der Waals surface area contributed by atoms with Gasteiger partial charge in [-0.3, -0.25) is 9.69 Å². The summed E-state index contributed by atoms with van der Waals surface area (Å²) in [6, 6.07) is -0.712. The van der Waals surface area contributed by atoms with E-state index < -0.39 is 0 Å². The molecule has 0 aromatic carbocycles. The van der Waals surface area contributed by atoms with Crippen LogP contribution in [0.1, 0.15) is 19.8 Å². The molecule has 74 valence electrons. The topological polar surface area (TPSA) is 69.6 Å². The van der Waals surface area contributed by atoms with E-state index in [1.165, 1.54) is 0 Å². The van der Waals surface area contributed by atoms with E-state index in [4.69, 9.17) is 5.11 Å². The molecule has 13 heavy (non-hydrogen) atoms. The number of hydrogen-bond donors (Lipinski definition) is 2. The van der Waals surface area contributed by atoms with E-state index in [-0.39, 0.29) is 24.6 Å². The monoisotopic (exact) mass is 186 g/mol. The first kappa shape index (κ1) is 9.98. The van der Waals surface area contributed by atoms with Crippen molar-refractivity contribution in [3.05, 3.63) is 0 Å². The van der Waals surface area contributed by atoms with Crippen LogP contribution in [0, 0.1) is 0 Å². The molecule has 0 bridgehead atoms. The van der Waals surface area contributed by atoms with Crippen LogP contribution in [0.5, 0.6) is 0 Å². The minimum Gasteiger partial charge on any atom is -0.396 e. The van der Waals surface area contributed by atoms with Crippen LogP contribution >= 0.6 is 0 Å². The molecule has 0 radical (unpaired) electrons. The van der Waals surface area contributed by atoms with Gasteiger partial charge in [0.2, 0.25) is 0 Å². The zero-order valence-corrected chi connectivity index (χ0v) is 7.62.